The number of halogens is 1. The van der Waals surface area contributed by atoms with Crippen LogP contribution in [0.1, 0.15) is 12.0 Å². The SMILES string of the molecule is CN(C)CCCNC(=O)N/C=C/c1ccccc1Br. The largest absolute Gasteiger partial charge is 0.338 e. The number of rotatable bonds is 6. The van der Waals surface area contributed by atoms with E-state index in [0.29, 0.717) is 6.54 Å². The fourth-order valence-electron chi connectivity index (χ4n) is 1.47. The Morgan fingerprint density at radius 1 is 1.37 bits per heavy atom. The molecule has 0 aliphatic carbocycles. The van der Waals surface area contributed by atoms with Crippen LogP contribution in [0, 0.1) is 0 Å². The molecule has 0 fully saturated rings. The minimum Gasteiger partial charge on any atom is -0.338 e. The van der Waals surface area contributed by atoms with Crippen molar-refractivity contribution in [1.29, 1.82) is 0 Å². The minimum atomic E-state index is -0.179. The van der Waals surface area contributed by atoms with Gasteiger partial charge in [0.2, 0.25) is 0 Å². The van der Waals surface area contributed by atoms with E-state index in [-0.39, 0.29) is 6.03 Å². The first-order valence-electron chi connectivity index (χ1n) is 6.20. The van der Waals surface area contributed by atoms with E-state index >= 15 is 0 Å². The van der Waals surface area contributed by atoms with E-state index in [1.54, 1.807) is 6.20 Å². The molecule has 5 heteroatoms. The second-order valence-electron chi connectivity index (χ2n) is 4.41. The summed E-state index contributed by atoms with van der Waals surface area (Å²) in [5, 5.41) is 5.48. The van der Waals surface area contributed by atoms with Crippen LogP contribution >= 0.6 is 15.9 Å². The van der Waals surface area contributed by atoms with E-state index in [1.807, 2.05) is 44.4 Å². The first-order chi connectivity index (χ1) is 9.09. The predicted molar refractivity (Wildman–Crippen MR) is 82.9 cm³/mol. The molecule has 0 heterocycles. The van der Waals surface area contributed by atoms with Gasteiger partial charge in [-0.15, -0.1) is 0 Å². The zero-order valence-electron chi connectivity index (χ0n) is 11.3. The molecule has 4 nitrogen and oxygen atoms in total. The van der Waals surface area contributed by atoms with Crippen LogP contribution in [0.3, 0.4) is 0 Å². The molecule has 0 aliphatic heterocycles. The number of amides is 2. The molecule has 2 N–H and O–H groups in total. The quantitative estimate of drug-likeness (QED) is 0.790. The smallest absolute Gasteiger partial charge is 0.318 e. The van der Waals surface area contributed by atoms with Gasteiger partial charge >= 0.3 is 6.03 Å². The fraction of sp³-hybridized carbons (Fsp3) is 0.357. The lowest BCUT2D eigenvalue weighted by Crippen LogP contribution is -2.33. The maximum Gasteiger partial charge on any atom is 0.318 e. The molecule has 1 rings (SSSR count). The van der Waals surface area contributed by atoms with Gasteiger partial charge in [0.15, 0.2) is 0 Å². The van der Waals surface area contributed by atoms with Crippen LogP contribution in [0.4, 0.5) is 4.79 Å². The average Bonchev–Trinajstić information content (AvgIpc) is 2.37. The number of nitrogens with one attached hydrogen (secondary N) is 2. The topological polar surface area (TPSA) is 44.4 Å². The Morgan fingerprint density at radius 2 is 2.11 bits per heavy atom. The van der Waals surface area contributed by atoms with E-state index in [9.17, 15) is 4.79 Å². The molecule has 0 bridgehead atoms. The third-order valence-corrected chi connectivity index (χ3v) is 3.17. The van der Waals surface area contributed by atoms with Crippen molar-refractivity contribution < 1.29 is 4.79 Å². The van der Waals surface area contributed by atoms with E-state index in [1.165, 1.54) is 0 Å². The summed E-state index contributed by atoms with van der Waals surface area (Å²) in [6, 6.07) is 7.65. The Balaban J connectivity index is 2.25. The summed E-state index contributed by atoms with van der Waals surface area (Å²) < 4.78 is 0.999. The summed E-state index contributed by atoms with van der Waals surface area (Å²) in [4.78, 5) is 13.6. The van der Waals surface area contributed by atoms with Crippen molar-refractivity contribution in [3.8, 4) is 0 Å². The van der Waals surface area contributed by atoms with E-state index in [2.05, 4.69) is 31.5 Å². The fourth-order valence-corrected chi connectivity index (χ4v) is 1.88. The second-order valence-corrected chi connectivity index (χ2v) is 5.27. The van der Waals surface area contributed by atoms with Gasteiger partial charge in [0, 0.05) is 17.2 Å². The summed E-state index contributed by atoms with van der Waals surface area (Å²) in [7, 11) is 4.03. The Bertz CT molecular complexity index is 432. The molecular weight excluding hydrogens is 306 g/mol. The molecule has 0 saturated heterocycles. The van der Waals surface area contributed by atoms with Gasteiger partial charge in [-0.2, -0.15) is 0 Å². The number of nitrogens with zero attached hydrogens (tertiary/aromatic N) is 1. The number of carbonyl (C=O) groups is 1. The number of carbonyl (C=O) groups excluding carboxylic acids is 1. The molecule has 2 amide bonds. The molecule has 0 unspecified atom stereocenters. The van der Waals surface area contributed by atoms with Crippen molar-refractivity contribution in [3.05, 3.63) is 40.5 Å². The van der Waals surface area contributed by atoms with Crippen LogP contribution in [-0.2, 0) is 0 Å². The molecule has 1 aromatic carbocycles. The molecule has 0 radical (unpaired) electrons. The highest BCUT2D eigenvalue weighted by molar-refractivity contribution is 9.10. The lowest BCUT2D eigenvalue weighted by atomic mass is 10.2. The van der Waals surface area contributed by atoms with Crippen molar-refractivity contribution in [2.24, 2.45) is 0 Å². The van der Waals surface area contributed by atoms with Crippen LogP contribution in [0.15, 0.2) is 34.9 Å². The monoisotopic (exact) mass is 325 g/mol. The second kappa shape index (κ2) is 8.72. The Kier molecular flexibility index (Phi) is 7.22. The number of hydrogen-bond acceptors (Lipinski definition) is 2. The lowest BCUT2D eigenvalue weighted by molar-refractivity contribution is 0.243. The van der Waals surface area contributed by atoms with E-state index in [4.69, 9.17) is 0 Å². The standard InChI is InChI=1S/C14H20BrN3O/c1-18(2)11-5-9-16-14(19)17-10-8-12-6-3-4-7-13(12)15/h3-4,6-8,10H,5,9,11H2,1-2H3,(H2,16,17,19)/b10-8+. The maximum absolute atomic E-state index is 11.5. The van der Waals surface area contributed by atoms with Gasteiger partial charge < -0.3 is 15.5 Å². The average molecular weight is 326 g/mol. The minimum absolute atomic E-state index is 0.179. The number of hydrogen-bond donors (Lipinski definition) is 2. The van der Waals surface area contributed by atoms with Crippen LogP contribution in [0.5, 0.6) is 0 Å². The van der Waals surface area contributed by atoms with Gasteiger partial charge in [0.05, 0.1) is 0 Å². The highest BCUT2D eigenvalue weighted by Crippen LogP contribution is 2.16. The highest BCUT2D eigenvalue weighted by Gasteiger charge is 1.97. The van der Waals surface area contributed by atoms with Crippen LogP contribution in [-0.4, -0.2) is 38.1 Å². The zero-order valence-corrected chi connectivity index (χ0v) is 12.9. The van der Waals surface area contributed by atoms with E-state index < -0.39 is 0 Å². The molecule has 0 aliphatic rings. The Labute approximate surface area is 123 Å². The van der Waals surface area contributed by atoms with Gasteiger partial charge in [0.25, 0.3) is 0 Å². The van der Waals surface area contributed by atoms with Gasteiger partial charge in [-0.1, -0.05) is 34.1 Å². The molecule has 0 saturated carbocycles. The lowest BCUT2D eigenvalue weighted by Gasteiger charge is -2.09. The van der Waals surface area contributed by atoms with Crippen molar-refractivity contribution in [1.82, 2.24) is 15.5 Å². The zero-order chi connectivity index (χ0) is 14.1. The Morgan fingerprint density at radius 3 is 2.79 bits per heavy atom. The molecule has 1 aromatic rings. The third-order valence-electron chi connectivity index (χ3n) is 2.45. The highest BCUT2D eigenvalue weighted by atomic mass is 79.9. The molecular formula is C14H20BrN3O. The summed E-state index contributed by atoms with van der Waals surface area (Å²) in [5.41, 5.74) is 1.02. The van der Waals surface area contributed by atoms with Crippen molar-refractivity contribution in [2.45, 2.75) is 6.42 Å². The van der Waals surface area contributed by atoms with Crippen LogP contribution < -0.4 is 10.6 Å². The number of benzene rings is 1. The molecule has 0 aromatic heterocycles. The predicted octanol–water partition coefficient (Wildman–Crippen LogP) is 2.67. The molecule has 104 valence electrons. The number of urea groups is 1. The van der Waals surface area contributed by atoms with Gasteiger partial charge in [-0.3, -0.25) is 0 Å². The van der Waals surface area contributed by atoms with Crippen LogP contribution in [0.25, 0.3) is 6.08 Å². The van der Waals surface area contributed by atoms with Gasteiger partial charge in [-0.05, 0) is 44.8 Å². The third kappa shape index (κ3) is 6.98. The molecule has 0 atom stereocenters. The summed E-state index contributed by atoms with van der Waals surface area (Å²) in [5.74, 6) is 0. The Hall–Kier alpha value is -1.33. The van der Waals surface area contributed by atoms with Crippen molar-refractivity contribution >= 4 is 28.0 Å². The molecule has 19 heavy (non-hydrogen) atoms. The summed E-state index contributed by atoms with van der Waals surface area (Å²) in [6.45, 7) is 1.64. The summed E-state index contributed by atoms with van der Waals surface area (Å²) >= 11 is 3.44. The van der Waals surface area contributed by atoms with Crippen molar-refractivity contribution in [2.75, 3.05) is 27.2 Å². The van der Waals surface area contributed by atoms with Gasteiger partial charge in [-0.25, -0.2) is 4.79 Å². The van der Waals surface area contributed by atoms with E-state index in [0.717, 1.165) is 23.0 Å². The summed E-state index contributed by atoms with van der Waals surface area (Å²) in [6.07, 6.45) is 4.43. The maximum atomic E-state index is 11.5. The molecule has 0 spiro atoms. The first kappa shape index (κ1) is 15.7. The first-order valence-corrected chi connectivity index (χ1v) is 6.99. The van der Waals surface area contributed by atoms with Gasteiger partial charge in [0.1, 0.15) is 0 Å². The van der Waals surface area contributed by atoms with Crippen LogP contribution in [0.2, 0.25) is 0 Å². The van der Waals surface area contributed by atoms with Crippen molar-refractivity contribution in [3.63, 3.8) is 0 Å². The normalized spacial score (nSPS) is 10.9.